The third-order valence-corrected chi connectivity index (χ3v) is 3.05. The van der Waals surface area contributed by atoms with Crippen LogP contribution in [0.1, 0.15) is 22.3 Å². The second kappa shape index (κ2) is 5.22. The monoisotopic (exact) mass is 231 g/mol. The summed E-state index contributed by atoms with van der Waals surface area (Å²) in [4.78, 5) is 11.7. The van der Waals surface area contributed by atoms with Crippen LogP contribution in [0.15, 0.2) is 12.1 Å². The Morgan fingerprint density at radius 2 is 2.13 bits per heavy atom. The minimum absolute atomic E-state index is 0.108. The van der Waals surface area contributed by atoms with Gasteiger partial charge in [-0.15, -0.1) is 11.3 Å². The van der Waals surface area contributed by atoms with Gasteiger partial charge < -0.3 is 21.1 Å². The van der Waals surface area contributed by atoms with Crippen molar-refractivity contribution < 1.29 is 20.1 Å². The van der Waals surface area contributed by atoms with E-state index in [0.717, 1.165) is 0 Å². The van der Waals surface area contributed by atoms with E-state index in [0.29, 0.717) is 9.75 Å². The Morgan fingerprint density at radius 3 is 2.60 bits per heavy atom. The number of primary amides is 1. The molecule has 15 heavy (non-hydrogen) atoms. The maximum absolute atomic E-state index is 10.5. The van der Waals surface area contributed by atoms with Gasteiger partial charge >= 0.3 is 0 Å². The fraction of sp³-hybridized carbons (Fsp3) is 0.444. The van der Waals surface area contributed by atoms with Gasteiger partial charge in [0.05, 0.1) is 19.1 Å². The van der Waals surface area contributed by atoms with E-state index in [1.54, 1.807) is 12.1 Å². The zero-order valence-electron chi connectivity index (χ0n) is 7.96. The third kappa shape index (κ3) is 3.28. The van der Waals surface area contributed by atoms with Gasteiger partial charge in [0, 0.05) is 9.75 Å². The van der Waals surface area contributed by atoms with Crippen molar-refractivity contribution in [2.75, 3.05) is 0 Å². The molecule has 1 aromatic heterocycles. The van der Waals surface area contributed by atoms with Crippen molar-refractivity contribution in [3.63, 3.8) is 0 Å². The van der Waals surface area contributed by atoms with Gasteiger partial charge in [0.25, 0.3) is 0 Å². The molecule has 84 valence electrons. The normalized spacial score (nSPS) is 14.9. The summed E-state index contributed by atoms with van der Waals surface area (Å²) in [5, 5.41) is 27.8. The summed E-state index contributed by atoms with van der Waals surface area (Å²) >= 11 is 1.18. The summed E-state index contributed by atoms with van der Waals surface area (Å²) in [7, 11) is 0. The lowest BCUT2D eigenvalue weighted by Gasteiger charge is -2.14. The van der Waals surface area contributed by atoms with Crippen molar-refractivity contribution in [1.29, 1.82) is 0 Å². The predicted molar refractivity (Wildman–Crippen MR) is 55.0 cm³/mol. The molecule has 0 aliphatic rings. The number of aliphatic hydroxyl groups is 3. The second-order valence-corrected chi connectivity index (χ2v) is 4.34. The van der Waals surface area contributed by atoms with Crippen LogP contribution in [0.4, 0.5) is 0 Å². The Bertz CT molecular complexity index is 339. The first-order chi connectivity index (χ1) is 7.04. The molecule has 0 radical (unpaired) electrons. The van der Waals surface area contributed by atoms with Crippen LogP contribution in [-0.2, 0) is 11.4 Å². The van der Waals surface area contributed by atoms with Crippen LogP contribution >= 0.6 is 11.3 Å². The molecule has 2 atom stereocenters. The minimum atomic E-state index is -1.20. The Hall–Kier alpha value is -0.950. The third-order valence-electron chi connectivity index (χ3n) is 1.90. The maximum Gasteiger partial charge on any atom is 0.220 e. The summed E-state index contributed by atoms with van der Waals surface area (Å²) in [6.45, 7) is -0.108. The zero-order chi connectivity index (χ0) is 11.4. The molecule has 5 N–H and O–H groups in total. The smallest absolute Gasteiger partial charge is 0.220 e. The van der Waals surface area contributed by atoms with Gasteiger partial charge in [-0.05, 0) is 12.1 Å². The first-order valence-electron chi connectivity index (χ1n) is 4.38. The molecular formula is C9H13NO4S. The van der Waals surface area contributed by atoms with E-state index >= 15 is 0 Å². The van der Waals surface area contributed by atoms with Gasteiger partial charge in [0.2, 0.25) is 5.91 Å². The topological polar surface area (TPSA) is 104 Å². The Balaban J connectivity index is 2.66. The number of aliphatic hydroxyl groups excluding tert-OH is 3. The summed E-state index contributed by atoms with van der Waals surface area (Å²) in [6, 6.07) is 3.26. The predicted octanol–water partition coefficient (Wildman–Crippen LogP) is -0.490. The SMILES string of the molecule is NC(=O)CC(O)C(O)c1ccc(CO)s1. The Morgan fingerprint density at radius 1 is 1.47 bits per heavy atom. The van der Waals surface area contributed by atoms with E-state index in [9.17, 15) is 15.0 Å². The van der Waals surface area contributed by atoms with E-state index < -0.39 is 18.1 Å². The molecule has 5 nitrogen and oxygen atoms in total. The molecule has 0 saturated heterocycles. The first kappa shape index (κ1) is 12.1. The summed E-state index contributed by atoms with van der Waals surface area (Å²) < 4.78 is 0. The molecule has 0 spiro atoms. The molecule has 0 fully saturated rings. The van der Waals surface area contributed by atoms with E-state index in [2.05, 4.69) is 0 Å². The zero-order valence-corrected chi connectivity index (χ0v) is 8.78. The quantitative estimate of drug-likeness (QED) is 0.549. The highest BCUT2D eigenvalue weighted by molar-refractivity contribution is 7.12. The van der Waals surface area contributed by atoms with Crippen molar-refractivity contribution in [3.8, 4) is 0 Å². The lowest BCUT2D eigenvalue weighted by atomic mass is 10.1. The number of hydrogen-bond acceptors (Lipinski definition) is 5. The standard InChI is InChI=1S/C9H13NO4S/c10-8(13)3-6(12)9(14)7-2-1-5(4-11)15-7/h1-2,6,9,11-12,14H,3-4H2,(H2,10,13). The largest absolute Gasteiger partial charge is 0.391 e. The molecule has 0 aromatic carbocycles. The lowest BCUT2D eigenvalue weighted by molar-refractivity contribution is -0.121. The van der Waals surface area contributed by atoms with Crippen LogP contribution in [0.25, 0.3) is 0 Å². The van der Waals surface area contributed by atoms with Gasteiger partial charge in [0.15, 0.2) is 0 Å². The number of amides is 1. The van der Waals surface area contributed by atoms with Crippen LogP contribution in [0, 0.1) is 0 Å². The van der Waals surface area contributed by atoms with Gasteiger partial charge in [-0.2, -0.15) is 0 Å². The van der Waals surface area contributed by atoms with Crippen LogP contribution < -0.4 is 5.73 Å². The summed E-state index contributed by atoms with van der Waals surface area (Å²) in [5.74, 6) is -0.666. The van der Waals surface area contributed by atoms with Gasteiger partial charge in [-0.25, -0.2) is 0 Å². The lowest BCUT2D eigenvalue weighted by Crippen LogP contribution is -2.25. The highest BCUT2D eigenvalue weighted by atomic mass is 32.1. The van der Waals surface area contributed by atoms with Crippen molar-refractivity contribution in [3.05, 3.63) is 21.9 Å². The molecule has 6 heteroatoms. The van der Waals surface area contributed by atoms with E-state index in [1.165, 1.54) is 11.3 Å². The fourth-order valence-electron chi connectivity index (χ4n) is 1.15. The average Bonchev–Trinajstić information content (AvgIpc) is 2.63. The molecule has 1 amide bonds. The number of hydrogen-bond donors (Lipinski definition) is 4. The van der Waals surface area contributed by atoms with Crippen LogP contribution in [0.2, 0.25) is 0 Å². The molecule has 1 aromatic rings. The van der Waals surface area contributed by atoms with Gasteiger partial charge in [-0.3, -0.25) is 4.79 Å². The van der Waals surface area contributed by atoms with Gasteiger partial charge in [-0.1, -0.05) is 0 Å². The number of carbonyl (C=O) groups is 1. The molecule has 0 bridgehead atoms. The van der Waals surface area contributed by atoms with Crippen molar-refractivity contribution in [2.24, 2.45) is 5.73 Å². The second-order valence-electron chi connectivity index (χ2n) is 3.14. The van der Waals surface area contributed by atoms with E-state index in [1.807, 2.05) is 0 Å². The Labute approximate surface area is 90.8 Å². The number of rotatable bonds is 5. The van der Waals surface area contributed by atoms with Crippen LogP contribution in [-0.4, -0.2) is 27.3 Å². The summed E-state index contributed by atoms with van der Waals surface area (Å²) in [5.41, 5.74) is 4.89. The molecule has 1 rings (SSSR count). The molecular weight excluding hydrogens is 218 g/mol. The highest BCUT2D eigenvalue weighted by Crippen LogP contribution is 2.26. The average molecular weight is 231 g/mol. The molecule has 0 saturated carbocycles. The minimum Gasteiger partial charge on any atom is -0.391 e. The van der Waals surface area contributed by atoms with Crippen molar-refractivity contribution in [2.45, 2.75) is 25.2 Å². The number of thiophene rings is 1. The van der Waals surface area contributed by atoms with Crippen LogP contribution in [0.5, 0.6) is 0 Å². The number of nitrogens with two attached hydrogens (primary N) is 1. The fourth-order valence-corrected chi connectivity index (χ4v) is 2.06. The summed E-state index contributed by atoms with van der Waals surface area (Å²) in [6.07, 6.45) is -2.62. The molecule has 1 heterocycles. The van der Waals surface area contributed by atoms with Crippen molar-refractivity contribution in [1.82, 2.24) is 0 Å². The van der Waals surface area contributed by atoms with Gasteiger partial charge in [0.1, 0.15) is 6.10 Å². The van der Waals surface area contributed by atoms with Crippen LogP contribution in [0.3, 0.4) is 0 Å². The van der Waals surface area contributed by atoms with Crippen molar-refractivity contribution >= 4 is 17.2 Å². The maximum atomic E-state index is 10.5. The Kier molecular flexibility index (Phi) is 4.22. The number of carbonyl (C=O) groups excluding carboxylic acids is 1. The van der Waals surface area contributed by atoms with E-state index in [4.69, 9.17) is 10.8 Å². The molecule has 2 unspecified atom stereocenters. The van der Waals surface area contributed by atoms with E-state index in [-0.39, 0.29) is 13.0 Å². The first-order valence-corrected chi connectivity index (χ1v) is 5.20. The highest BCUT2D eigenvalue weighted by Gasteiger charge is 2.21. The molecule has 0 aliphatic carbocycles. The molecule has 0 aliphatic heterocycles.